The minimum atomic E-state index is -0.685. The van der Waals surface area contributed by atoms with Crippen molar-refractivity contribution in [2.45, 2.75) is 25.4 Å². The summed E-state index contributed by atoms with van der Waals surface area (Å²) in [6.07, 6.45) is 2.12. The second-order valence-corrected chi connectivity index (χ2v) is 4.95. The van der Waals surface area contributed by atoms with E-state index in [4.69, 9.17) is 5.11 Å². The quantitative estimate of drug-likeness (QED) is 0.833. The van der Waals surface area contributed by atoms with Gasteiger partial charge in [0, 0.05) is 6.54 Å². The van der Waals surface area contributed by atoms with Gasteiger partial charge in [0.05, 0.1) is 0 Å². The average Bonchev–Trinajstić information content (AvgIpc) is 2.83. The van der Waals surface area contributed by atoms with Crippen LogP contribution in [0.25, 0.3) is 0 Å². The SMILES string of the molecule is CN(Cc1ccsc1)C(C(=O)O)C1CC1. The number of likely N-dealkylation sites (N-methyl/N-ethyl adjacent to an activating group) is 1. The number of carboxylic acid groups (broad SMARTS) is 1. The molecule has 0 aromatic carbocycles. The lowest BCUT2D eigenvalue weighted by molar-refractivity contribution is -0.143. The molecule has 1 N–H and O–H groups in total. The lowest BCUT2D eigenvalue weighted by Crippen LogP contribution is -2.39. The van der Waals surface area contributed by atoms with Crippen LogP contribution in [-0.4, -0.2) is 29.1 Å². The molecule has 1 aliphatic carbocycles. The van der Waals surface area contributed by atoms with E-state index in [0.29, 0.717) is 5.92 Å². The smallest absolute Gasteiger partial charge is 0.321 e. The fourth-order valence-corrected chi connectivity index (χ4v) is 2.59. The molecule has 1 aromatic heterocycles. The summed E-state index contributed by atoms with van der Waals surface area (Å²) >= 11 is 1.65. The third-order valence-corrected chi connectivity index (χ3v) is 3.54. The van der Waals surface area contributed by atoms with Crippen LogP contribution in [0.2, 0.25) is 0 Å². The van der Waals surface area contributed by atoms with Crippen molar-refractivity contribution < 1.29 is 9.90 Å². The molecule has 82 valence electrons. The molecular formula is C11H15NO2S. The predicted octanol–water partition coefficient (Wildman–Crippen LogP) is 2.04. The number of thiophene rings is 1. The summed E-state index contributed by atoms with van der Waals surface area (Å²) in [4.78, 5) is 13.1. The molecule has 0 bridgehead atoms. The van der Waals surface area contributed by atoms with Gasteiger partial charge in [-0.25, -0.2) is 0 Å². The fraction of sp³-hybridized carbons (Fsp3) is 0.545. The minimum absolute atomic E-state index is 0.301. The van der Waals surface area contributed by atoms with E-state index in [2.05, 4.69) is 5.38 Å². The maximum Gasteiger partial charge on any atom is 0.321 e. The molecule has 2 rings (SSSR count). The van der Waals surface area contributed by atoms with Gasteiger partial charge in [-0.1, -0.05) is 0 Å². The molecule has 4 heteroatoms. The van der Waals surface area contributed by atoms with E-state index < -0.39 is 5.97 Å². The summed E-state index contributed by atoms with van der Waals surface area (Å²) in [5.41, 5.74) is 1.20. The predicted molar refractivity (Wildman–Crippen MR) is 59.9 cm³/mol. The number of rotatable bonds is 5. The molecule has 1 atom stereocenters. The summed E-state index contributed by atoms with van der Waals surface area (Å²) in [6, 6.07) is 1.75. The first-order chi connectivity index (χ1) is 7.18. The molecule has 1 fully saturated rings. The highest BCUT2D eigenvalue weighted by atomic mass is 32.1. The highest BCUT2D eigenvalue weighted by molar-refractivity contribution is 7.07. The third kappa shape index (κ3) is 2.58. The monoisotopic (exact) mass is 225 g/mol. The summed E-state index contributed by atoms with van der Waals surface area (Å²) in [7, 11) is 1.90. The summed E-state index contributed by atoms with van der Waals surface area (Å²) in [5, 5.41) is 13.2. The summed E-state index contributed by atoms with van der Waals surface area (Å²) in [6.45, 7) is 0.733. The average molecular weight is 225 g/mol. The first kappa shape index (κ1) is 10.6. The van der Waals surface area contributed by atoms with Crippen molar-refractivity contribution in [2.24, 2.45) is 5.92 Å². The van der Waals surface area contributed by atoms with Gasteiger partial charge in [0.2, 0.25) is 0 Å². The van der Waals surface area contributed by atoms with E-state index in [-0.39, 0.29) is 6.04 Å². The molecule has 1 saturated carbocycles. The molecule has 1 unspecified atom stereocenters. The van der Waals surface area contributed by atoms with Gasteiger partial charge in [0.1, 0.15) is 6.04 Å². The number of hydrogen-bond donors (Lipinski definition) is 1. The Balaban J connectivity index is 1.98. The van der Waals surface area contributed by atoms with Crippen molar-refractivity contribution in [3.8, 4) is 0 Å². The Bertz CT molecular complexity index is 332. The van der Waals surface area contributed by atoms with Crippen LogP contribution >= 0.6 is 11.3 Å². The Morgan fingerprint density at radius 1 is 1.73 bits per heavy atom. The summed E-state index contributed by atoms with van der Waals surface area (Å²) < 4.78 is 0. The van der Waals surface area contributed by atoms with E-state index in [1.54, 1.807) is 11.3 Å². The van der Waals surface area contributed by atoms with Crippen LogP contribution in [0.15, 0.2) is 16.8 Å². The lowest BCUT2D eigenvalue weighted by atomic mass is 10.1. The Kier molecular flexibility index (Phi) is 3.07. The van der Waals surface area contributed by atoms with E-state index in [1.165, 1.54) is 5.56 Å². The zero-order valence-electron chi connectivity index (χ0n) is 8.72. The van der Waals surface area contributed by atoms with Crippen LogP contribution in [0.5, 0.6) is 0 Å². The molecule has 0 amide bonds. The van der Waals surface area contributed by atoms with Gasteiger partial charge < -0.3 is 5.11 Å². The van der Waals surface area contributed by atoms with Crippen LogP contribution in [0.1, 0.15) is 18.4 Å². The number of carboxylic acids is 1. The standard InChI is InChI=1S/C11H15NO2S/c1-12(6-8-4-5-15-7-8)10(11(13)14)9-2-3-9/h4-5,7,9-10H,2-3,6H2,1H3,(H,13,14). The van der Waals surface area contributed by atoms with E-state index in [1.807, 2.05) is 23.4 Å². The molecule has 1 aromatic rings. The second-order valence-electron chi connectivity index (χ2n) is 4.17. The van der Waals surface area contributed by atoms with Crippen molar-refractivity contribution in [3.63, 3.8) is 0 Å². The topological polar surface area (TPSA) is 40.5 Å². The van der Waals surface area contributed by atoms with Crippen LogP contribution in [0.4, 0.5) is 0 Å². The number of nitrogens with zero attached hydrogens (tertiary/aromatic N) is 1. The Labute approximate surface area is 93.3 Å². The van der Waals surface area contributed by atoms with Gasteiger partial charge in [0.15, 0.2) is 0 Å². The van der Waals surface area contributed by atoms with Gasteiger partial charge in [0.25, 0.3) is 0 Å². The fourth-order valence-electron chi connectivity index (χ4n) is 1.93. The molecule has 0 saturated heterocycles. The molecule has 0 aliphatic heterocycles. The van der Waals surface area contributed by atoms with E-state index in [9.17, 15) is 4.79 Å². The summed E-state index contributed by atoms with van der Waals surface area (Å²) in [5.74, 6) is -0.318. The van der Waals surface area contributed by atoms with Gasteiger partial charge in [-0.3, -0.25) is 9.69 Å². The third-order valence-electron chi connectivity index (χ3n) is 2.81. The number of carbonyl (C=O) groups is 1. The van der Waals surface area contributed by atoms with Crippen molar-refractivity contribution in [1.29, 1.82) is 0 Å². The molecule has 1 heterocycles. The number of hydrogen-bond acceptors (Lipinski definition) is 3. The zero-order chi connectivity index (χ0) is 10.8. The maximum atomic E-state index is 11.1. The number of aliphatic carboxylic acids is 1. The molecule has 3 nitrogen and oxygen atoms in total. The first-order valence-electron chi connectivity index (χ1n) is 5.12. The maximum absolute atomic E-state index is 11.1. The lowest BCUT2D eigenvalue weighted by Gasteiger charge is -2.23. The van der Waals surface area contributed by atoms with Gasteiger partial charge in [-0.15, -0.1) is 0 Å². The van der Waals surface area contributed by atoms with Crippen molar-refractivity contribution >= 4 is 17.3 Å². The van der Waals surface area contributed by atoms with E-state index in [0.717, 1.165) is 19.4 Å². The highest BCUT2D eigenvalue weighted by Gasteiger charge is 2.38. The normalized spacial score (nSPS) is 18.0. The largest absolute Gasteiger partial charge is 0.480 e. The van der Waals surface area contributed by atoms with Gasteiger partial charge in [-0.05, 0) is 48.2 Å². The van der Waals surface area contributed by atoms with Crippen LogP contribution < -0.4 is 0 Å². The molecule has 15 heavy (non-hydrogen) atoms. The van der Waals surface area contributed by atoms with Crippen LogP contribution in [0, 0.1) is 5.92 Å². The minimum Gasteiger partial charge on any atom is -0.480 e. The van der Waals surface area contributed by atoms with Crippen molar-refractivity contribution in [2.75, 3.05) is 7.05 Å². The Morgan fingerprint density at radius 2 is 2.47 bits per heavy atom. The van der Waals surface area contributed by atoms with Crippen LogP contribution in [0.3, 0.4) is 0 Å². The van der Waals surface area contributed by atoms with Crippen molar-refractivity contribution in [1.82, 2.24) is 4.90 Å². The van der Waals surface area contributed by atoms with E-state index >= 15 is 0 Å². The molecule has 0 radical (unpaired) electrons. The zero-order valence-corrected chi connectivity index (χ0v) is 9.54. The Morgan fingerprint density at radius 3 is 2.93 bits per heavy atom. The highest BCUT2D eigenvalue weighted by Crippen LogP contribution is 2.35. The van der Waals surface area contributed by atoms with Crippen molar-refractivity contribution in [3.05, 3.63) is 22.4 Å². The first-order valence-corrected chi connectivity index (χ1v) is 6.07. The Hall–Kier alpha value is -0.870. The van der Waals surface area contributed by atoms with Crippen LogP contribution in [-0.2, 0) is 11.3 Å². The van der Waals surface area contributed by atoms with Gasteiger partial charge >= 0.3 is 5.97 Å². The molecule has 1 aliphatic rings. The van der Waals surface area contributed by atoms with Gasteiger partial charge in [-0.2, -0.15) is 11.3 Å². The second kappa shape index (κ2) is 4.33. The molecular weight excluding hydrogens is 210 g/mol. The molecule has 0 spiro atoms.